The third-order valence-corrected chi connectivity index (χ3v) is 8.91. The number of rotatable bonds is 11. The van der Waals surface area contributed by atoms with E-state index in [4.69, 9.17) is 20.7 Å². The number of ether oxygens (including phenoxy) is 1. The van der Waals surface area contributed by atoms with Gasteiger partial charge >= 0.3 is 6.36 Å². The van der Waals surface area contributed by atoms with Crippen molar-refractivity contribution in [1.82, 2.24) is 10.5 Å². The van der Waals surface area contributed by atoms with Crippen LogP contribution in [-0.4, -0.2) is 42.7 Å². The van der Waals surface area contributed by atoms with E-state index in [2.05, 4.69) is 60.2 Å². The fourth-order valence-electron chi connectivity index (χ4n) is 5.37. The van der Waals surface area contributed by atoms with Crippen LogP contribution in [0.2, 0.25) is 5.02 Å². The van der Waals surface area contributed by atoms with Crippen LogP contribution in [0.3, 0.4) is 0 Å². The van der Waals surface area contributed by atoms with Crippen molar-refractivity contribution in [3.63, 3.8) is 0 Å². The summed E-state index contributed by atoms with van der Waals surface area (Å²) in [6.45, 7) is 6.17. The maximum absolute atomic E-state index is 12.6. The highest BCUT2D eigenvalue weighted by Crippen LogP contribution is 2.36. The predicted octanol–water partition coefficient (Wildman–Crippen LogP) is 8.85. The first-order valence-corrected chi connectivity index (χ1v) is 17.5. The summed E-state index contributed by atoms with van der Waals surface area (Å²) >= 11 is 6.47. The molecule has 0 spiro atoms. The van der Waals surface area contributed by atoms with Crippen molar-refractivity contribution in [2.24, 2.45) is 0 Å². The summed E-state index contributed by atoms with van der Waals surface area (Å²) in [7, 11) is -4.20. The normalized spacial score (nSPS) is 12.8. The Morgan fingerprint density at radius 3 is 2.14 bits per heavy atom. The molecule has 0 aliphatic rings. The van der Waals surface area contributed by atoms with E-state index in [0.29, 0.717) is 45.2 Å². The molecule has 2 N–H and O–H groups in total. The molecule has 0 aliphatic carbocycles. The van der Waals surface area contributed by atoms with Gasteiger partial charge in [-0.25, -0.2) is 0 Å². The van der Waals surface area contributed by atoms with Crippen molar-refractivity contribution in [2.45, 2.75) is 44.9 Å². The van der Waals surface area contributed by atoms with Crippen molar-refractivity contribution >= 4 is 27.6 Å². The van der Waals surface area contributed by atoms with Gasteiger partial charge in [0, 0.05) is 34.7 Å². The SMILES string of the molecule is CC(C)(C)c1ccc(C(Cc2ccc(C(=O)NCCS(=O)(=O)O)cc2)c2cc(-c3cc(Cl)cc(-c4ccc(OC(F)(F)F)cc4)c3)on2)cc1. The number of hydrogen-bond acceptors (Lipinski definition) is 6. The molecule has 0 bridgehead atoms. The molecule has 5 rings (SSSR count). The van der Waals surface area contributed by atoms with Gasteiger partial charge in [0.15, 0.2) is 5.76 Å². The highest BCUT2D eigenvalue weighted by Gasteiger charge is 2.31. The number of amides is 1. The van der Waals surface area contributed by atoms with Gasteiger partial charge in [0.2, 0.25) is 0 Å². The second-order valence-electron chi connectivity index (χ2n) is 12.8. The van der Waals surface area contributed by atoms with Gasteiger partial charge in [-0.3, -0.25) is 9.35 Å². The number of halogens is 4. The summed E-state index contributed by atoms with van der Waals surface area (Å²) in [6.07, 6.45) is -4.30. The molecule has 1 heterocycles. The van der Waals surface area contributed by atoms with E-state index >= 15 is 0 Å². The van der Waals surface area contributed by atoms with Crippen LogP contribution in [0.4, 0.5) is 13.2 Å². The van der Waals surface area contributed by atoms with E-state index in [9.17, 15) is 26.4 Å². The first kappa shape index (κ1) is 36.6. The largest absolute Gasteiger partial charge is 0.573 e. The van der Waals surface area contributed by atoms with E-state index in [0.717, 1.165) is 16.7 Å². The number of benzene rings is 4. The van der Waals surface area contributed by atoms with E-state index in [1.165, 1.54) is 24.3 Å². The number of carbonyl (C=O) groups excluding carboxylic acids is 1. The summed E-state index contributed by atoms with van der Waals surface area (Å²) in [6, 6.07) is 27.7. The molecule has 1 amide bonds. The van der Waals surface area contributed by atoms with Crippen LogP contribution in [0.25, 0.3) is 22.5 Å². The Morgan fingerprint density at radius 2 is 1.54 bits per heavy atom. The monoisotopic (exact) mass is 726 g/mol. The van der Waals surface area contributed by atoms with Gasteiger partial charge in [-0.05, 0) is 82.1 Å². The van der Waals surface area contributed by atoms with E-state index in [1.807, 2.05) is 24.3 Å². The number of carbonyl (C=O) groups is 1. The highest BCUT2D eigenvalue weighted by molar-refractivity contribution is 7.85. The topological polar surface area (TPSA) is 119 Å². The summed E-state index contributed by atoms with van der Waals surface area (Å²) in [4.78, 5) is 12.5. The van der Waals surface area contributed by atoms with Crippen LogP contribution in [0, 0.1) is 0 Å². The highest BCUT2D eigenvalue weighted by atomic mass is 35.5. The van der Waals surface area contributed by atoms with Crippen molar-refractivity contribution in [3.05, 3.63) is 130 Å². The molecule has 5 aromatic rings. The lowest BCUT2D eigenvalue weighted by Gasteiger charge is -2.21. The Kier molecular flexibility index (Phi) is 10.8. The van der Waals surface area contributed by atoms with Gasteiger partial charge in [0.25, 0.3) is 16.0 Å². The van der Waals surface area contributed by atoms with Crippen LogP contribution in [-0.2, 0) is 22.0 Å². The molecule has 1 unspecified atom stereocenters. The Labute approximate surface area is 293 Å². The maximum atomic E-state index is 12.6. The zero-order chi connectivity index (χ0) is 36.3. The summed E-state index contributed by atoms with van der Waals surface area (Å²) in [5.74, 6) is -1.21. The Balaban J connectivity index is 1.42. The van der Waals surface area contributed by atoms with Gasteiger partial charge in [0.1, 0.15) is 5.75 Å². The molecule has 13 heteroatoms. The number of alkyl halides is 3. The summed E-state index contributed by atoms with van der Waals surface area (Å²) in [5.41, 5.74) is 5.86. The van der Waals surface area contributed by atoms with Crippen molar-refractivity contribution < 1.29 is 40.2 Å². The van der Waals surface area contributed by atoms with E-state index in [-0.39, 0.29) is 23.6 Å². The minimum atomic E-state index is -4.79. The molecule has 1 aromatic heterocycles. The van der Waals surface area contributed by atoms with Gasteiger partial charge in [0.05, 0.1) is 11.4 Å². The Morgan fingerprint density at radius 1 is 0.900 bits per heavy atom. The van der Waals surface area contributed by atoms with Crippen molar-refractivity contribution in [3.8, 4) is 28.2 Å². The predicted molar refractivity (Wildman–Crippen MR) is 185 cm³/mol. The third-order valence-electron chi connectivity index (χ3n) is 7.97. The molecule has 262 valence electrons. The van der Waals surface area contributed by atoms with Crippen LogP contribution >= 0.6 is 11.6 Å². The van der Waals surface area contributed by atoms with Gasteiger partial charge in [-0.15, -0.1) is 13.2 Å². The van der Waals surface area contributed by atoms with E-state index in [1.54, 1.807) is 24.3 Å². The lowest BCUT2D eigenvalue weighted by molar-refractivity contribution is -0.274. The smallest absolute Gasteiger partial charge is 0.406 e. The van der Waals surface area contributed by atoms with Gasteiger partial charge in [-0.2, -0.15) is 8.42 Å². The molecular formula is C37H34ClF3N2O6S. The molecule has 8 nitrogen and oxygen atoms in total. The third kappa shape index (κ3) is 9.96. The molecule has 0 saturated carbocycles. The Bertz CT molecular complexity index is 2060. The zero-order valence-electron chi connectivity index (χ0n) is 27.3. The van der Waals surface area contributed by atoms with Crippen LogP contribution in [0.15, 0.2) is 102 Å². The molecule has 0 aliphatic heterocycles. The minimum absolute atomic E-state index is 0.0528. The zero-order valence-corrected chi connectivity index (χ0v) is 28.9. The van der Waals surface area contributed by atoms with Crippen molar-refractivity contribution in [2.75, 3.05) is 12.3 Å². The lowest BCUT2D eigenvalue weighted by atomic mass is 9.83. The number of hydrogen-bond donors (Lipinski definition) is 2. The maximum Gasteiger partial charge on any atom is 0.573 e. The fourth-order valence-corrected chi connectivity index (χ4v) is 5.96. The quantitative estimate of drug-likeness (QED) is 0.131. The molecule has 50 heavy (non-hydrogen) atoms. The van der Waals surface area contributed by atoms with Gasteiger partial charge < -0.3 is 14.6 Å². The van der Waals surface area contributed by atoms with E-state index < -0.39 is 28.1 Å². The second kappa shape index (κ2) is 14.7. The Hall–Kier alpha value is -4.65. The minimum Gasteiger partial charge on any atom is -0.406 e. The molecule has 4 aromatic carbocycles. The first-order chi connectivity index (χ1) is 23.4. The molecule has 1 atom stereocenters. The molecule has 0 fully saturated rings. The molecular weight excluding hydrogens is 693 g/mol. The van der Waals surface area contributed by atoms with Gasteiger partial charge in [-0.1, -0.05) is 86.1 Å². The number of aromatic nitrogens is 1. The standard InChI is InChI=1S/C37H34ClF3N2O6S/c1-36(2,3)29-12-8-25(9-13-29)32(18-23-4-6-26(7-5-23)35(44)42-16-17-50(45,46)47)33-22-34(49-43-33)28-19-27(20-30(38)21-28)24-10-14-31(15-11-24)48-37(39,40)41/h4-15,19-22,32H,16-18H2,1-3H3,(H,42,44)(H,45,46,47). The summed E-state index contributed by atoms with van der Waals surface area (Å²) < 4.78 is 78.6. The average molecular weight is 727 g/mol. The number of nitrogens with one attached hydrogen (secondary N) is 1. The number of nitrogens with zero attached hydrogens (tertiary/aromatic N) is 1. The molecule has 0 saturated heterocycles. The fraction of sp³-hybridized carbons (Fsp3) is 0.243. The summed E-state index contributed by atoms with van der Waals surface area (Å²) in [5, 5.41) is 7.31. The lowest BCUT2D eigenvalue weighted by Crippen LogP contribution is -2.28. The van der Waals surface area contributed by atoms with Crippen molar-refractivity contribution in [1.29, 1.82) is 0 Å². The van der Waals surface area contributed by atoms with Crippen LogP contribution in [0.1, 0.15) is 59.4 Å². The second-order valence-corrected chi connectivity index (χ2v) is 14.8. The first-order valence-electron chi connectivity index (χ1n) is 15.5. The van der Waals surface area contributed by atoms with Crippen LogP contribution < -0.4 is 10.1 Å². The molecule has 0 radical (unpaired) electrons. The average Bonchev–Trinajstić information content (AvgIpc) is 3.52. The van der Waals surface area contributed by atoms with Crippen LogP contribution in [0.5, 0.6) is 5.75 Å².